The average Bonchev–Trinajstić information content (AvgIpc) is 2.83. The van der Waals surface area contributed by atoms with Crippen molar-refractivity contribution >= 4 is 5.69 Å². The Bertz CT molecular complexity index is 658. The van der Waals surface area contributed by atoms with Crippen LogP contribution in [-0.4, -0.2) is 25.5 Å². The van der Waals surface area contributed by atoms with Crippen LogP contribution < -0.4 is 5.32 Å². The van der Waals surface area contributed by atoms with Gasteiger partial charge in [-0.2, -0.15) is 0 Å². The van der Waals surface area contributed by atoms with Crippen LogP contribution in [0.25, 0.3) is 5.69 Å². The van der Waals surface area contributed by atoms with E-state index in [1.807, 2.05) is 6.92 Å². The van der Waals surface area contributed by atoms with Gasteiger partial charge in [0.25, 0.3) is 5.69 Å². The van der Waals surface area contributed by atoms with E-state index in [9.17, 15) is 10.1 Å². The van der Waals surface area contributed by atoms with E-state index in [-0.39, 0.29) is 11.2 Å². The van der Waals surface area contributed by atoms with Gasteiger partial charge < -0.3 is 5.32 Å². The second-order valence-electron chi connectivity index (χ2n) is 6.01. The summed E-state index contributed by atoms with van der Waals surface area (Å²) in [5.74, 6) is 0. The molecule has 0 aliphatic carbocycles. The molecule has 1 heterocycles. The third kappa shape index (κ3) is 3.85. The van der Waals surface area contributed by atoms with Crippen molar-refractivity contribution < 1.29 is 4.92 Å². The molecule has 1 aromatic heterocycles. The van der Waals surface area contributed by atoms with Crippen LogP contribution in [0.15, 0.2) is 24.4 Å². The van der Waals surface area contributed by atoms with Crippen molar-refractivity contribution in [1.82, 2.24) is 20.3 Å². The summed E-state index contributed by atoms with van der Waals surface area (Å²) in [4.78, 5) is 10.7. The molecule has 0 aliphatic rings. The number of benzene rings is 1. The Balaban J connectivity index is 2.29. The number of nitrogens with one attached hydrogen (secondary N) is 1. The Morgan fingerprint density at radius 2 is 2.10 bits per heavy atom. The fourth-order valence-corrected chi connectivity index (χ4v) is 1.82. The van der Waals surface area contributed by atoms with Gasteiger partial charge in [-0.05, 0) is 39.3 Å². The lowest BCUT2D eigenvalue weighted by atomic mass is 10.1. The average molecular weight is 289 g/mol. The van der Waals surface area contributed by atoms with Crippen molar-refractivity contribution in [1.29, 1.82) is 0 Å². The summed E-state index contributed by atoms with van der Waals surface area (Å²) < 4.78 is 1.45. The summed E-state index contributed by atoms with van der Waals surface area (Å²) in [6, 6.07) is 4.92. The standard InChI is InChI=1S/C14H19N5O2/c1-10-5-6-12(19(20)21)13(7-10)18-9-11(16-17-18)8-15-14(2,3)4/h5-7,9,15H,8H2,1-4H3. The summed E-state index contributed by atoms with van der Waals surface area (Å²) >= 11 is 0. The summed E-state index contributed by atoms with van der Waals surface area (Å²) in [7, 11) is 0. The molecule has 0 amide bonds. The molecule has 0 unspecified atom stereocenters. The SMILES string of the molecule is Cc1ccc([N+](=O)[O-])c(-n2cc(CNC(C)(C)C)nn2)c1. The first kappa shape index (κ1) is 15.1. The van der Waals surface area contributed by atoms with Crippen LogP contribution in [0.1, 0.15) is 32.0 Å². The minimum atomic E-state index is -0.413. The molecule has 7 heteroatoms. The molecule has 0 bridgehead atoms. The molecule has 112 valence electrons. The molecule has 0 saturated carbocycles. The van der Waals surface area contributed by atoms with E-state index in [2.05, 4.69) is 36.4 Å². The van der Waals surface area contributed by atoms with Crippen molar-refractivity contribution in [2.45, 2.75) is 39.8 Å². The lowest BCUT2D eigenvalue weighted by Crippen LogP contribution is -2.35. The molecule has 21 heavy (non-hydrogen) atoms. The normalized spacial score (nSPS) is 11.6. The first-order valence-electron chi connectivity index (χ1n) is 6.68. The van der Waals surface area contributed by atoms with Crippen LogP contribution in [0.3, 0.4) is 0 Å². The number of aromatic nitrogens is 3. The highest BCUT2D eigenvalue weighted by atomic mass is 16.6. The van der Waals surface area contributed by atoms with Gasteiger partial charge in [-0.25, -0.2) is 4.68 Å². The van der Waals surface area contributed by atoms with Gasteiger partial charge in [0.1, 0.15) is 5.69 Å². The third-order valence-electron chi connectivity index (χ3n) is 2.92. The van der Waals surface area contributed by atoms with E-state index in [1.54, 1.807) is 18.3 Å². The Morgan fingerprint density at radius 1 is 1.38 bits per heavy atom. The molecule has 2 aromatic rings. The van der Waals surface area contributed by atoms with Crippen LogP contribution in [-0.2, 0) is 6.54 Å². The number of nitro benzene ring substituents is 1. The molecule has 0 atom stereocenters. The molecule has 2 rings (SSSR count). The zero-order chi connectivity index (χ0) is 15.6. The van der Waals surface area contributed by atoms with E-state index >= 15 is 0 Å². The van der Waals surface area contributed by atoms with E-state index < -0.39 is 4.92 Å². The molecule has 0 aliphatic heterocycles. The third-order valence-corrected chi connectivity index (χ3v) is 2.92. The molecular weight excluding hydrogens is 270 g/mol. The van der Waals surface area contributed by atoms with Crippen molar-refractivity contribution in [2.24, 2.45) is 0 Å². The van der Waals surface area contributed by atoms with Gasteiger partial charge in [0.2, 0.25) is 0 Å². The fourth-order valence-electron chi connectivity index (χ4n) is 1.82. The summed E-state index contributed by atoms with van der Waals surface area (Å²) in [6.07, 6.45) is 1.71. The minimum Gasteiger partial charge on any atom is -0.306 e. The van der Waals surface area contributed by atoms with Crippen LogP contribution in [0.5, 0.6) is 0 Å². The number of aryl methyl sites for hydroxylation is 1. The zero-order valence-electron chi connectivity index (χ0n) is 12.6. The quantitative estimate of drug-likeness (QED) is 0.690. The van der Waals surface area contributed by atoms with Gasteiger partial charge in [-0.15, -0.1) is 5.10 Å². The van der Waals surface area contributed by atoms with Crippen LogP contribution in [0.2, 0.25) is 0 Å². The van der Waals surface area contributed by atoms with Crippen molar-refractivity contribution in [3.63, 3.8) is 0 Å². The van der Waals surface area contributed by atoms with Crippen molar-refractivity contribution in [3.05, 3.63) is 45.8 Å². The second kappa shape index (κ2) is 5.61. The highest BCUT2D eigenvalue weighted by Gasteiger charge is 2.17. The lowest BCUT2D eigenvalue weighted by molar-refractivity contribution is -0.384. The molecule has 0 radical (unpaired) electrons. The van der Waals surface area contributed by atoms with E-state index in [0.717, 1.165) is 11.3 Å². The number of rotatable bonds is 4. The van der Waals surface area contributed by atoms with Crippen LogP contribution in [0.4, 0.5) is 5.69 Å². The highest BCUT2D eigenvalue weighted by molar-refractivity contribution is 5.53. The van der Waals surface area contributed by atoms with Gasteiger partial charge in [0.15, 0.2) is 0 Å². The topological polar surface area (TPSA) is 85.9 Å². The first-order valence-corrected chi connectivity index (χ1v) is 6.68. The Kier molecular flexibility index (Phi) is 4.04. The summed E-state index contributed by atoms with van der Waals surface area (Å²) in [5, 5.41) is 22.5. The molecule has 1 N–H and O–H groups in total. The molecule has 1 aromatic carbocycles. The number of hydrogen-bond donors (Lipinski definition) is 1. The second-order valence-corrected chi connectivity index (χ2v) is 6.01. The maximum Gasteiger partial charge on any atom is 0.294 e. The first-order chi connectivity index (χ1) is 9.76. The Labute approximate surface area is 123 Å². The van der Waals surface area contributed by atoms with E-state index in [0.29, 0.717) is 12.2 Å². The minimum absolute atomic E-state index is 0.0147. The molecule has 0 spiro atoms. The van der Waals surface area contributed by atoms with E-state index in [4.69, 9.17) is 0 Å². The Hall–Kier alpha value is -2.28. The van der Waals surface area contributed by atoms with Gasteiger partial charge in [0.05, 0.1) is 16.8 Å². The van der Waals surface area contributed by atoms with Gasteiger partial charge in [0, 0.05) is 18.2 Å². The molecule has 7 nitrogen and oxygen atoms in total. The zero-order valence-corrected chi connectivity index (χ0v) is 12.6. The largest absolute Gasteiger partial charge is 0.306 e. The van der Waals surface area contributed by atoms with Crippen LogP contribution >= 0.6 is 0 Å². The maximum atomic E-state index is 11.1. The van der Waals surface area contributed by atoms with Crippen molar-refractivity contribution in [2.75, 3.05) is 0 Å². The number of nitro groups is 1. The number of nitrogens with zero attached hydrogens (tertiary/aromatic N) is 4. The van der Waals surface area contributed by atoms with E-state index in [1.165, 1.54) is 10.7 Å². The van der Waals surface area contributed by atoms with Gasteiger partial charge >= 0.3 is 0 Å². The predicted octanol–water partition coefficient (Wildman–Crippen LogP) is 2.37. The molecular formula is C14H19N5O2. The predicted molar refractivity (Wildman–Crippen MR) is 79.3 cm³/mol. The highest BCUT2D eigenvalue weighted by Crippen LogP contribution is 2.23. The summed E-state index contributed by atoms with van der Waals surface area (Å²) in [5.41, 5.74) is 2.08. The monoisotopic (exact) mass is 289 g/mol. The summed E-state index contributed by atoms with van der Waals surface area (Å²) in [6.45, 7) is 8.61. The van der Waals surface area contributed by atoms with Gasteiger partial charge in [-0.3, -0.25) is 10.1 Å². The van der Waals surface area contributed by atoms with Gasteiger partial charge in [-0.1, -0.05) is 11.3 Å². The van der Waals surface area contributed by atoms with Crippen LogP contribution in [0, 0.1) is 17.0 Å². The molecule has 0 saturated heterocycles. The lowest BCUT2D eigenvalue weighted by Gasteiger charge is -2.19. The molecule has 0 fully saturated rings. The Morgan fingerprint density at radius 3 is 2.71 bits per heavy atom. The number of hydrogen-bond acceptors (Lipinski definition) is 5. The van der Waals surface area contributed by atoms with Crippen molar-refractivity contribution in [3.8, 4) is 5.69 Å². The smallest absolute Gasteiger partial charge is 0.294 e. The maximum absolute atomic E-state index is 11.1. The fraction of sp³-hybridized carbons (Fsp3) is 0.429.